The second-order valence-corrected chi connectivity index (χ2v) is 10.5. The molecule has 1 saturated carbocycles. The van der Waals surface area contributed by atoms with E-state index in [1.54, 1.807) is 0 Å². The zero-order valence-electron chi connectivity index (χ0n) is 23.3. The number of nitrogens with one attached hydrogen (secondary N) is 1. The molecule has 3 heterocycles. The predicted octanol–water partition coefficient (Wildman–Crippen LogP) is 4.53. The Morgan fingerprint density at radius 3 is 2.37 bits per heavy atom. The van der Waals surface area contributed by atoms with Crippen molar-refractivity contribution in [1.29, 1.82) is 0 Å². The van der Waals surface area contributed by atoms with Crippen LogP contribution >= 0.6 is 0 Å². The van der Waals surface area contributed by atoms with Gasteiger partial charge < -0.3 is 25.8 Å². The number of aromatic nitrogens is 2. The van der Waals surface area contributed by atoms with Gasteiger partial charge in [0.15, 0.2) is 0 Å². The van der Waals surface area contributed by atoms with Crippen LogP contribution in [0.2, 0.25) is 0 Å². The lowest BCUT2D eigenvalue weighted by Gasteiger charge is -2.31. The van der Waals surface area contributed by atoms with Crippen LogP contribution in [0.5, 0.6) is 0 Å². The summed E-state index contributed by atoms with van der Waals surface area (Å²) < 4.78 is 5.07. The monoisotopic (exact) mass is 525 g/mol. The maximum absolute atomic E-state index is 13.0. The van der Waals surface area contributed by atoms with E-state index in [1.807, 2.05) is 11.8 Å². The van der Waals surface area contributed by atoms with Gasteiger partial charge in [0.2, 0.25) is 0 Å². The van der Waals surface area contributed by atoms with Gasteiger partial charge in [-0.2, -0.15) is 0 Å². The third-order valence-electron chi connectivity index (χ3n) is 7.80. The van der Waals surface area contributed by atoms with Crippen molar-refractivity contribution in [3.63, 3.8) is 0 Å². The number of amides is 1. The lowest BCUT2D eigenvalue weighted by atomic mass is 9.78. The third kappa shape index (κ3) is 9.03. The molecular weight excluding hydrogens is 478 g/mol. The molecule has 0 unspecified atom stereocenters. The Labute approximate surface area is 228 Å². The van der Waals surface area contributed by atoms with Gasteiger partial charge in [0.05, 0.1) is 0 Å². The van der Waals surface area contributed by atoms with Crippen LogP contribution in [-0.2, 0) is 4.74 Å². The first-order chi connectivity index (χ1) is 18.6. The van der Waals surface area contributed by atoms with E-state index in [9.17, 15) is 4.79 Å². The van der Waals surface area contributed by atoms with Crippen LogP contribution in [0.15, 0.2) is 36.7 Å². The van der Waals surface area contributed by atoms with Gasteiger partial charge >= 0.3 is 0 Å². The van der Waals surface area contributed by atoms with Crippen molar-refractivity contribution in [3.8, 4) is 0 Å². The average molecular weight is 526 g/mol. The number of nitrogens with zero attached hydrogens (tertiary/aromatic N) is 3. The second kappa shape index (κ2) is 16.4. The number of hydrogen-bond donors (Lipinski definition) is 3. The van der Waals surface area contributed by atoms with Crippen LogP contribution in [0.1, 0.15) is 85.3 Å². The van der Waals surface area contributed by atoms with Gasteiger partial charge in [-0.05, 0) is 75.7 Å². The van der Waals surface area contributed by atoms with Crippen LogP contribution in [0.3, 0.4) is 0 Å². The fourth-order valence-electron chi connectivity index (χ4n) is 5.53. The topological polar surface area (TPSA) is 114 Å². The van der Waals surface area contributed by atoms with E-state index < -0.39 is 0 Å². The fraction of sp³-hybridized carbons (Fsp3) is 0.633. The Balaban J connectivity index is 0.000000434. The maximum Gasteiger partial charge on any atom is 0.272 e. The molecule has 0 bridgehead atoms. The number of piperidine rings is 1. The molecule has 4 N–H and O–H groups in total. The predicted molar refractivity (Wildman–Crippen MR) is 152 cm³/mol. The smallest absolute Gasteiger partial charge is 0.272 e. The minimum absolute atomic E-state index is 0.00772. The van der Waals surface area contributed by atoms with Gasteiger partial charge in [-0.1, -0.05) is 36.8 Å². The highest BCUT2D eigenvalue weighted by atomic mass is 16.5. The summed E-state index contributed by atoms with van der Waals surface area (Å²) in [4.78, 5) is 23.6. The van der Waals surface area contributed by atoms with Crippen LogP contribution in [0.4, 0.5) is 5.82 Å². The van der Waals surface area contributed by atoms with Crippen molar-refractivity contribution in [2.24, 2.45) is 11.7 Å². The molecular formula is C30H47N5O3. The number of carbonyl (C=O) groups excluding carboxylic acids is 1. The van der Waals surface area contributed by atoms with Crippen LogP contribution in [-0.4, -0.2) is 71.9 Å². The van der Waals surface area contributed by atoms with Crippen molar-refractivity contribution in [2.75, 3.05) is 45.3 Å². The van der Waals surface area contributed by atoms with E-state index in [0.29, 0.717) is 30.6 Å². The first-order valence-electron chi connectivity index (χ1n) is 14.3. The van der Waals surface area contributed by atoms with E-state index in [4.69, 9.17) is 15.6 Å². The number of anilines is 1. The number of rotatable bonds is 5. The Morgan fingerprint density at radius 1 is 1.03 bits per heavy atom. The second-order valence-electron chi connectivity index (χ2n) is 10.5. The van der Waals surface area contributed by atoms with Crippen LogP contribution < -0.4 is 11.1 Å². The normalized spacial score (nSPS) is 21.8. The van der Waals surface area contributed by atoms with Crippen molar-refractivity contribution < 1.29 is 14.6 Å². The molecule has 0 spiro atoms. The number of hydrogen-bond acceptors (Lipinski definition) is 7. The molecule has 3 fully saturated rings. The SMILES string of the molecule is C1CCOCC1.CO.Cc1c(NC[C@H]2CCC[C@@H](c3ccccc3)C2)ncnc1C(=O)N1CCC(N)CC1. The van der Waals surface area contributed by atoms with Crippen LogP contribution in [0.25, 0.3) is 0 Å². The first kappa shape index (κ1) is 30.0. The zero-order valence-corrected chi connectivity index (χ0v) is 23.3. The summed E-state index contributed by atoms with van der Waals surface area (Å²) in [6.45, 7) is 6.23. The summed E-state index contributed by atoms with van der Waals surface area (Å²) in [6.07, 6.45) is 12.1. The molecule has 1 aromatic carbocycles. The van der Waals surface area contributed by atoms with Crippen LogP contribution in [0, 0.1) is 12.8 Å². The minimum atomic E-state index is -0.00772. The molecule has 2 atom stereocenters. The van der Waals surface area contributed by atoms with E-state index in [-0.39, 0.29) is 11.9 Å². The highest BCUT2D eigenvalue weighted by Gasteiger charge is 2.26. The number of likely N-dealkylation sites (tertiary alicyclic amines) is 1. The molecule has 8 heteroatoms. The number of nitrogens with two attached hydrogens (primary N) is 1. The highest BCUT2D eigenvalue weighted by molar-refractivity contribution is 5.94. The lowest BCUT2D eigenvalue weighted by molar-refractivity contribution is 0.0707. The molecule has 0 radical (unpaired) electrons. The molecule has 1 aliphatic carbocycles. The first-order valence-corrected chi connectivity index (χ1v) is 14.3. The largest absolute Gasteiger partial charge is 0.400 e. The molecule has 1 amide bonds. The highest BCUT2D eigenvalue weighted by Crippen LogP contribution is 2.36. The van der Waals surface area contributed by atoms with Crippen molar-refractivity contribution in [2.45, 2.75) is 76.7 Å². The third-order valence-corrected chi connectivity index (χ3v) is 7.80. The summed E-state index contributed by atoms with van der Waals surface area (Å²) >= 11 is 0. The van der Waals surface area contributed by atoms with Gasteiger partial charge in [0.25, 0.3) is 5.91 Å². The molecule has 2 aliphatic heterocycles. The summed E-state index contributed by atoms with van der Waals surface area (Å²) in [6, 6.07) is 11.1. The van der Waals surface area contributed by atoms with Crippen molar-refractivity contribution >= 4 is 11.7 Å². The molecule has 2 aromatic rings. The van der Waals surface area contributed by atoms with Crippen molar-refractivity contribution in [3.05, 3.63) is 53.5 Å². The Kier molecular flexibility index (Phi) is 13.0. The lowest BCUT2D eigenvalue weighted by Crippen LogP contribution is -2.43. The summed E-state index contributed by atoms with van der Waals surface area (Å²) in [5.74, 6) is 2.03. The summed E-state index contributed by atoms with van der Waals surface area (Å²) in [5.41, 5.74) is 8.78. The molecule has 8 nitrogen and oxygen atoms in total. The van der Waals surface area contributed by atoms with E-state index in [2.05, 4.69) is 45.6 Å². The van der Waals surface area contributed by atoms with E-state index in [1.165, 1.54) is 56.8 Å². The van der Waals surface area contributed by atoms with E-state index >= 15 is 0 Å². The maximum atomic E-state index is 13.0. The number of aliphatic hydroxyl groups excluding tert-OH is 1. The minimum Gasteiger partial charge on any atom is -0.400 e. The molecule has 1 aromatic heterocycles. The van der Waals surface area contributed by atoms with Gasteiger partial charge in [0.1, 0.15) is 17.8 Å². The Hall–Kier alpha value is -2.55. The molecule has 3 aliphatic rings. The summed E-state index contributed by atoms with van der Waals surface area (Å²) in [5, 5.41) is 10.5. The zero-order chi connectivity index (χ0) is 27.2. The fourth-order valence-corrected chi connectivity index (χ4v) is 5.53. The van der Waals surface area contributed by atoms with Gasteiger partial charge in [-0.3, -0.25) is 4.79 Å². The van der Waals surface area contributed by atoms with Crippen molar-refractivity contribution in [1.82, 2.24) is 14.9 Å². The quantitative estimate of drug-likeness (QED) is 0.526. The number of ether oxygens (including phenoxy) is 1. The standard InChI is InChI=1S/C24H33N5O.C5H10O.CH4O/c1-17-22(24(30)29-12-10-21(25)11-13-29)27-16-28-23(17)26-15-18-6-5-9-20(14-18)19-7-3-2-4-8-19;1-2-4-6-5-3-1;1-2/h2-4,7-8,16,18,20-21H,5-6,9-15,25H2,1H3,(H,26,27,28);1-5H2;2H,1H3/t18-,20+;;/m0../s1. The molecule has 2 saturated heterocycles. The molecule has 5 rings (SSSR count). The van der Waals surface area contributed by atoms with Gasteiger partial charge in [-0.15, -0.1) is 0 Å². The molecule has 210 valence electrons. The van der Waals surface area contributed by atoms with Gasteiger partial charge in [0, 0.05) is 51.6 Å². The number of benzene rings is 1. The Bertz CT molecular complexity index is 935. The van der Waals surface area contributed by atoms with E-state index in [0.717, 1.165) is 51.1 Å². The average Bonchev–Trinajstić information content (AvgIpc) is 2.99. The summed E-state index contributed by atoms with van der Waals surface area (Å²) in [7, 11) is 1.00. The number of aliphatic hydroxyl groups is 1. The molecule has 38 heavy (non-hydrogen) atoms. The van der Waals surface area contributed by atoms with Gasteiger partial charge in [-0.25, -0.2) is 9.97 Å². The Morgan fingerprint density at radius 2 is 1.74 bits per heavy atom. The number of carbonyl (C=O) groups is 1.